The zero-order chi connectivity index (χ0) is 36.7. The molecule has 0 N–H and O–H groups in total. The molecule has 53 heavy (non-hydrogen) atoms. The van der Waals surface area contributed by atoms with E-state index in [2.05, 4.69) is 139 Å². The smallest absolute Gasteiger partial charge is 0.257 e. The van der Waals surface area contributed by atoms with Crippen molar-refractivity contribution in [1.29, 1.82) is 0 Å². The first-order chi connectivity index (χ1) is 25.3. The molecule has 0 amide bonds. The molecule has 5 aromatic carbocycles. The molecular formula is C45H43BN2O5. The summed E-state index contributed by atoms with van der Waals surface area (Å²) in [6.45, 7) is 20.6. The second-order valence-electron chi connectivity index (χ2n) is 17.1. The Bertz CT molecular complexity index is 2530. The summed E-state index contributed by atoms with van der Waals surface area (Å²) >= 11 is 0. The minimum Gasteiger partial charge on any atom is -0.454 e. The van der Waals surface area contributed by atoms with Gasteiger partial charge in [-0.05, 0) is 113 Å². The number of ether oxygens (including phenoxy) is 4. The minimum atomic E-state index is -0.146. The molecule has 8 heteroatoms. The molecule has 4 aliphatic heterocycles. The lowest BCUT2D eigenvalue weighted by Gasteiger charge is -2.43. The zero-order valence-electron chi connectivity index (χ0n) is 31.9. The van der Waals surface area contributed by atoms with Crippen molar-refractivity contribution in [2.45, 2.75) is 73.1 Å². The van der Waals surface area contributed by atoms with E-state index >= 15 is 0 Å². The highest BCUT2D eigenvalue weighted by atomic mass is 16.7. The molecule has 266 valence electrons. The van der Waals surface area contributed by atoms with E-state index in [-0.39, 0.29) is 31.1 Å². The molecule has 0 radical (unpaired) electrons. The molecule has 1 aromatic heterocycles. The third kappa shape index (κ3) is 4.67. The number of hydrogen-bond acceptors (Lipinski definition) is 7. The van der Waals surface area contributed by atoms with Crippen molar-refractivity contribution in [3.63, 3.8) is 0 Å². The Morgan fingerprint density at radius 1 is 0.566 bits per heavy atom. The number of aryl methyl sites for hydroxylation is 3. The van der Waals surface area contributed by atoms with Gasteiger partial charge >= 0.3 is 0 Å². The topological polar surface area (TPSA) is 56.5 Å². The van der Waals surface area contributed by atoms with Crippen LogP contribution in [0.3, 0.4) is 0 Å². The van der Waals surface area contributed by atoms with Crippen LogP contribution < -0.4 is 45.1 Å². The number of furan rings is 1. The number of fused-ring (bicyclic) bond motifs is 8. The predicted molar refractivity (Wildman–Crippen MR) is 214 cm³/mol. The van der Waals surface area contributed by atoms with Crippen LogP contribution in [0.2, 0.25) is 0 Å². The van der Waals surface area contributed by atoms with E-state index in [4.69, 9.17) is 23.4 Å². The fraction of sp³-hybridized carbons (Fsp3) is 0.289. The Balaban J connectivity index is 1.33. The van der Waals surface area contributed by atoms with Gasteiger partial charge in [0.2, 0.25) is 19.5 Å². The Kier molecular flexibility index (Phi) is 6.55. The predicted octanol–water partition coefficient (Wildman–Crippen LogP) is 9.49. The van der Waals surface area contributed by atoms with Gasteiger partial charge in [-0.15, -0.1) is 0 Å². The van der Waals surface area contributed by atoms with Gasteiger partial charge in [0.15, 0.2) is 23.0 Å². The minimum absolute atomic E-state index is 0.0122. The van der Waals surface area contributed by atoms with Crippen LogP contribution in [0.25, 0.3) is 11.0 Å². The van der Waals surface area contributed by atoms with Crippen molar-refractivity contribution < 1.29 is 23.4 Å². The van der Waals surface area contributed by atoms with E-state index < -0.39 is 0 Å². The average molecular weight is 703 g/mol. The van der Waals surface area contributed by atoms with Crippen molar-refractivity contribution in [3.8, 4) is 23.0 Å². The molecule has 10 rings (SSSR count). The monoisotopic (exact) mass is 702 g/mol. The number of hydrogen-bond donors (Lipinski definition) is 0. The Morgan fingerprint density at radius 3 is 1.87 bits per heavy atom. The highest BCUT2D eigenvalue weighted by Crippen LogP contribution is 2.51. The van der Waals surface area contributed by atoms with E-state index in [1.54, 1.807) is 0 Å². The largest absolute Gasteiger partial charge is 0.454 e. The van der Waals surface area contributed by atoms with E-state index in [0.29, 0.717) is 0 Å². The Hall–Kier alpha value is -5.50. The van der Waals surface area contributed by atoms with Crippen molar-refractivity contribution >= 4 is 68.4 Å². The zero-order valence-corrected chi connectivity index (χ0v) is 31.9. The standard InChI is InChI=1S/C45H43BN2O5/c1-24-14-33-41-34(15-24)48(42-25(2)16-28(17-26(42)3)45(7,8)9)43-40(30-18-27(44(4,5)6)10-12-35(30)53-43)46(41)31-20-38-39(52-23-51-38)21-32(31)47(33)29-11-13-36-37(19-29)50-22-49-36/h10-21H,22-23H2,1-9H3. The number of anilines is 6. The van der Waals surface area contributed by atoms with Crippen molar-refractivity contribution in [1.82, 2.24) is 0 Å². The molecule has 0 fully saturated rings. The van der Waals surface area contributed by atoms with Gasteiger partial charge in [-0.3, -0.25) is 4.90 Å². The van der Waals surface area contributed by atoms with E-state index in [1.165, 1.54) is 27.7 Å². The lowest BCUT2D eigenvalue weighted by atomic mass is 9.33. The molecule has 0 atom stereocenters. The van der Waals surface area contributed by atoms with Crippen LogP contribution >= 0.6 is 0 Å². The van der Waals surface area contributed by atoms with Gasteiger partial charge in [-0.25, -0.2) is 0 Å². The Labute approximate surface area is 311 Å². The molecule has 5 heterocycles. The summed E-state index contributed by atoms with van der Waals surface area (Å²) in [6, 6.07) is 26.6. The number of nitrogens with zero attached hydrogens (tertiary/aromatic N) is 2. The SMILES string of the molecule is Cc1cc2c3c(c1)N(c1c(C)cc(C(C)(C)C)cc1C)c1oc4ccc(C(C)(C)C)cc4c1B3c1cc3c(cc1N2c1ccc2c(c1)OCO2)OCO3. The van der Waals surface area contributed by atoms with Gasteiger partial charge in [-0.1, -0.05) is 59.7 Å². The van der Waals surface area contributed by atoms with Crippen molar-refractivity contribution in [2.75, 3.05) is 23.4 Å². The molecular weight excluding hydrogens is 659 g/mol. The fourth-order valence-corrected chi connectivity index (χ4v) is 8.77. The van der Waals surface area contributed by atoms with Crippen LogP contribution in [0.1, 0.15) is 69.4 Å². The number of rotatable bonds is 2. The summed E-state index contributed by atoms with van der Waals surface area (Å²) in [5.41, 5.74) is 15.9. The first-order valence-electron chi connectivity index (χ1n) is 18.5. The van der Waals surface area contributed by atoms with E-state index in [9.17, 15) is 0 Å². The van der Waals surface area contributed by atoms with E-state index in [1.807, 2.05) is 6.07 Å². The lowest BCUT2D eigenvalue weighted by molar-refractivity contribution is 0.173. The maximum absolute atomic E-state index is 7.12. The highest BCUT2D eigenvalue weighted by molar-refractivity contribution is 7.01. The summed E-state index contributed by atoms with van der Waals surface area (Å²) in [5.74, 6) is 3.83. The van der Waals surface area contributed by atoms with Gasteiger partial charge < -0.3 is 28.3 Å². The molecule has 7 nitrogen and oxygen atoms in total. The maximum atomic E-state index is 7.12. The average Bonchev–Trinajstić information content (AvgIpc) is 3.85. The molecule has 0 spiro atoms. The van der Waals surface area contributed by atoms with Gasteiger partial charge in [0.05, 0.1) is 11.4 Å². The second kappa shape index (κ2) is 10.8. The summed E-state index contributed by atoms with van der Waals surface area (Å²) in [6.07, 6.45) is 0. The van der Waals surface area contributed by atoms with Crippen molar-refractivity contribution in [2.24, 2.45) is 0 Å². The summed E-state index contributed by atoms with van der Waals surface area (Å²) in [7, 11) is 0. The summed E-state index contributed by atoms with van der Waals surface area (Å²) in [5, 5.41) is 1.13. The number of benzene rings is 5. The molecule has 0 unspecified atom stereocenters. The molecule has 0 saturated heterocycles. The molecule has 0 bridgehead atoms. The first kappa shape index (κ1) is 32.2. The van der Waals surface area contributed by atoms with Crippen LogP contribution in [0.4, 0.5) is 34.3 Å². The third-order valence-corrected chi connectivity index (χ3v) is 11.4. The fourth-order valence-electron chi connectivity index (χ4n) is 8.77. The highest BCUT2D eigenvalue weighted by Gasteiger charge is 2.48. The Morgan fingerprint density at radius 2 is 1.19 bits per heavy atom. The maximum Gasteiger partial charge on any atom is 0.257 e. The first-order valence-corrected chi connectivity index (χ1v) is 18.5. The van der Waals surface area contributed by atoms with Gasteiger partial charge in [0, 0.05) is 40.0 Å². The second-order valence-corrected chi connectivity index (χ2v) is 17.1. The van der Waals surface area contributed by atoms with Gasteiger partial charge in [-0.2, -0.15) is 0 Å². The third-order valence-electron chi connectivity index (χ3n) is 11.4. The van der Waals surface area contributed by atoms with Gasteiger partial charge in [0.25, 0.3) is 6.71 Å². The van der Waals surface area contributed by atoms with Gasteiger partial charge in [0.1, 0.15) is 5.58 Å². The van der Waals surface area contributed by atoms with Crippen LogP contribution in [-0.2, 0) is 10.8 Å². The van der Waals surface area contributed by atoms with Crippen LogP contribution in [0.5, 0.6) is 23.0 Å². The lowest BCUT2D eigenvalue weighted by Crippen LogP contribution is -2.61. The molecule has 0 aliphatic carbocycles. The van der Waals surface area contributed by atoms with Crippen LogP contribution in [-0.4, -0.2) is 20.3 Å². The molecule has 6 aromatic rings. The normalized spacial score (nSPS) is 15.2. The summed E-state index contributed by atoms with van der Waals surface area (Å²) in [4.78, 5) is 4.76. The molecule has 0 saturated carbocycles. The van der Waals surface area contributed by atoms with Crippen LogP contribution in [0, 0.1) is 20.8 Å². The van der Waals surface area contributed by atoms with Crippen LogP contribution in [0.15, 0.2) is 77.2 Å². The van der Waals surface area contributed by atoms with Crippen molar-refractivity contribution in [3.05, 3.63) is 101 Å². The summed E-state index contributed by atoms with van der Waals surface area (Å²) < 4.78 is 30.9. The molecule has 4 aliphatic rings. The quantitative estimate of drug-likeness (QED) is 0.166. The van der Waals surface area contributed by atoms with E-state index in [0.717, 1.165) is 84.8 Å².